The van der Waals surface area contributed by atoms with Crippen LogP contribution in [-0.2, 0) is 0 Å². The Labute approximate surface area is 75.6 Å². The first kappa shape index (κ1) is 8.23. The summed E-state index contributed by atoms with van der Waals surface area (Å²) in [4.78, 5) is 11.5. The van der Waals surface area contributed by atoms with Gasteiger partial charge in [-0.3, -0.25) is 4.79 Å². The van der Waals surface area contributed by atoms with E-state index in [2.05, 4.69) is 0 Å². The number of rotatable bonds is 2. The second kappa shape index (κ2) is 2.83. The Morgan fingerprint density at radius 3 is 2.69 bits per heavy atom. The van der Waals surface area contributed by atoms with E-state index in [0.29, 0.717) is 5.56 Å². The molecule has 1 saturated carbocycles. The van der Waals surface area contributed by atoms with E-state index in [4.69, 9.17) is 5.73 Å². The molecule has 0 aromatic heterocycles. The fraction of sp³-hybridized carbons (Fsp3) is 0.300. The lowest BCUT2D eigenvalue weighted by atomic mass is 10.1. The molecule has 0 heterocycles. The minimum absolute atomic E-state index is 0.0406. The van der Waals surface area contributed by atoms with Crippen molar-refractivity contribution in [3.63, 3.8) is 0 Å². The topological polar surface area (TPSA) is 43.1 Å². The Balaban J connectivity index is 2.30. The maximum Gasteiger partial charge on any atom is 0.166 e. The Hall–Kier alpha value is -1.38. The fourth-order valence-corrected chi connectivity index (χ4v) is 1.26. The molecule has 0 amide bonds. The van der Waals surface area contributed by atoms with Crippen LogP contribution in [0, 0.1) is 11.7 Å². The van der Waals surface area contributed by atoms with Gasteiger partial charge in [0.25, 0.3) is 0 Å². The number of anilines is 1. The number of hydrogen-bond donors (Lipinski definition) is 1. The van der Waals surface area contributed by atoms with Crippen molar-refractivity contribution in [2.45, 2.75) is 12.8 Å². The number of ketones is 1. The molecule has 3 heteroatoms. The Bertz CT molecular complexity index is 358. The predicted octanol–water partition coefficient (Wildman–Crippen LogP) is 2.00. The average Bonchev–Trinajstić information content (AvgIpc) is 2.91. The van der Waals surface area contributed by atoms with Crippen LogP contribution >= 0.6 is 0 Å². The summed E-state index contributed by atoms with van der Waals surface area (Å²) in [6.07, 6.45) is 1.87. The number of Topliss-reactive ketones (excluding diaryl/α,β-unsaturated/α-hetero) is 1. The van der Waals surface area contributed by atoms with Crippen LogP contribution in [0.15, 0.2) is 18.2 Å². The van der Waals surface area contributed by atoms with Gasteiger partial charge in [0, 0.05) is 11.5 Å². The molecule has 0 bridgehead atoms. The van der Waals surface area contributed by atoms with Crippen LogP contribution in [0.2, 0.25) is 0 Å². The van der Waals surface area contributed by atoms with Gasteiger partial charge in [0.05, 0.1) is 5.69 Å². The van der Waals surface area contributed by atoms with Crippen LogP contribution in [0.25, 0.3) is 0 Å². The summed E-state index contributed by atoms with van der Waals surface area (Å²) in [5.74, 6) is -0.339. The van der Waals surface area contributed by atoms with E-state index in [1.807, 2.05) is 0 Å². The second-order valence-corrected chi connectivity index (χ2v) is 3.37. The molecule has 1 fully saturated rings. The van der Waals surface area contributed by atoms with Crippen molar-refractivity contribution < 1.29 is 9.18 Å². The molecule has 68 valence electrons. The maximum absolute atomic E-state index is 12.9. The quantitative estimate of drug-likeness (QED) is 0.557. The highest BCUT2D eigenvalue weighted by Gasteiger charge is 2.30. The van der Waals surface area contributed by atoms with Crippen molar-refractivity contribution in [2.24, 2.45) is 5.92 Å². The van der Waals surface area contributed by atoms with Crippen molar-refractivity contribution in [1.82, 2.24) is 0 Å². The van der Waals surface area contributed by atoms with E-state index in [1.165, 1.54) is 12.1 Å². The van der Waals surface area contributed by atoms with E-state index < -0.39 is 5.82 Å². The van der Waals surface area contributed by atoms with Gasteiger partial charge < -0.3 is 5.73 Å². The van der Waals surface area contributed by atoms with Gasteiger partial charge in [-0.1, -0.05) is 0 Å². The van der Waals surface area contributed by atoms with Crippen LogP contribution in [0.1, 0.15) is 23.2 Å². The summed E-state index contributed by atoms with van der Waals surface area (Å²) in [7, 11) is 0. The van der Waals surface area contributed by atoms with Crippen molar-refractivity contribution >= 4 is 11.5 Å². The first-order valence-electron chi connectivity index (χ1n) is 4.27. The van der Waals surface area contributed by atoms with Gasteiger partial charge in [0.15, 0.2) is 5.78 Å². The van der Waals surface area contributed by atoms with Gasteiger partial charge in [-0.25, -0.2) is 4.39 Å². The van der Waals surface area contributed by atoms with E-state index in [1.54, 1.807) is 6.07 Å². The molecule has 0 radical (unpaired) electrons. The van der Waals surface area contributed by atoms with Crippen LogP contribution < -0.4 is 5.73 Å². The standard InChI is InChI=1S/C10H10FNO/c11-8-5-7(3-4-9(8)12)10(13)6-1-2-6/h3-6H,1-2,12H2. The molecule has 1 aromatic rings. The molecule has 1 aliphatic carbocycles. The molecule has 1 aromatic carbocycles. The van der Waals surface area contributed by atoms with Crippen LogP contribution in [-0.4, -0.2) is 5.78 Å². The normalized spacial score (nSPS) is 15.8. The van der Waals surface area contributed by atoms with Gasteiger partial charge in [-0.2, -0.15) is 0 Å². The second-order valence-electron chi connectivity index (χ2n) is 3.37. The molecule has 0 unspecified atom stereocenters. The van der Waals surface area contributed by atoms with Gasteiger partial charge in [0.2, 0.25) is 0 Å². The first-order valence-corrected chi connectivity index (χ1v) is 4.27. The van der Waals surface area contributed by atoms with Gasteiger partial charge in [-0.05, 0) is 31.0 Å². The van der Waals surface area contributed by atoms with E-state index in [-0.39, 0.29) is 17.4 Å². The Morgan fingerprint density at radius 2 is 2.15 bits per heavy atom. The number of carbonyl (C=O) groups is 1. The molecule has 0 saturated heterocycles. The number of carbonyl (C=O) groups excluding carboxylic acids is 1. The largest absolute Gasteiger partial charge is 0.396 e. The van der Waals surface area contributed by atoms with Crippen molar-refractivity contribution in [1.29, 1.82) is 0 Å². The molecule has 0 aliphatic heterocycles. The summed E-state index contributed by atoms with van der Waals surface area (Å²) in [6, 6.07) is 4.24. The SMILES string of the molecule is Nc1ccc(C(=O)C2CC2)cc1F. The average molecular weight is 179 g/mol. The Morgan fingerprint density at radius 1 is 1.46 bits per heavy atom. The molecule has 2 nitrogen and oxygen atoms in total. The number of benzene rings is 1. The lowest BCUT2D eigenvalue weighted by Crippen LogP contribution is -2.02. The zero-order chi connectivity index (χ0) is 9.42. The number of halogens is 1. The fourth-order valence-electron chi connectivity index (χ4n) is 1.26. The smallest absolute Gasteiger partial charge is 0.166 e. The van der Waals surface area contributed by atoms with Gasteiger partial charge >= 0.3 is 0 Å². The summed E-state index contributed by atoms with van der Waals surface area (Å²) in [5.41, 5.74) is 5.82. The number of hydrogen-bond acceptors (Lipinski definition) is 2. The van der Waals surface area contributed by atoms with Crippen LogP contribution in [0.5, 0.6) is 0 Å². The highest BCUT2D eigenvalue weighted by molar-refractivity contribution is 5.99. The maximum atomic E-state index is 12.9. The molecular weight excluding hydrogens is 169 g/mol. The molecule has 0 spiro atoms. The van der Waals surface area contributed by atoms with Crippen molar-refractivity contribution in [3.05, 3.63) is 29.6 Å². The summed E-state index contributed by atoms with van der Waals surface area (Å²) in [5, 5.41) is 0. The Kier molecular flexibility index (Phi) is 1.79. The molecule has 0 atom stereocenters. The zero-order valence-electron chi connectivity index (χ0n) is 7.09. The monoisotopic (exact) mass is 179 g/mol. The lowest BCUT2D eigenvalue weighted by molar-refractivity contribution is 0.0967. The predicted molar refractivity (Wildman–Crippen MR) is 47.9 cm³/mol. The summed E-state index contributed by atoms with van der Waals surface area (Å²) in [6.45, 7) is 0. The van der Waals surface area contributed by atoms with Crippen molar-refractivity contribution in [3.8, 4) is 0 Å². The summed E-state index contributed by atoms with van der Waals surface area (Å²) >= 11 is 0. The third kappa shape index (κ3) is 1.54. The molecule has 13 heavy (non-hydrogen) atoms. The molecule has 1 aliphatic rings. The van der Waals surface area contributed by atoms with Crippen LogP contribution in [0.3, 0.4) is 0 Å². The van der Waals surface area contributed by atoms with Crippen molar-refractivity contribution in [2.75, 3.05) is 5.73 Å². The molecule has 2 N–H and O–H groups in total. The van der Waals surface area contributed by atoms with Gasteiger partial charge in [-0.15, -0.1) is 0 Å². The minimum atomic E-state index is -0.508. The number of nitrogen functional groups attached to an aromatic ring is 1. The van der Waals surface area contributed by atoms with Gasteiger partial charge in [0.1, 0.15) is 5.82 Å². The minimum Gasteiger partial charge on any atom is -0.396 e. The highest BCUT2D eigenvalue weighted by Crippen LogP contribution is 2.32. The molecular formula is C10H10FNO. The lowest BCUT2D eigenvalue weighted by Gasteiger charge is -2.00. The van der Waals surface area contributed by atoms with E-state index in [0.717, 1.165) is 12.8 Å². The third-order valence-electron chi connectivity index (χ3n) is 2.23. The van der Waals surface area contributed by atoms with Crippen LogP contribution in [0.4, 0.5) is 10.1 Å². The van der Waals surface area contributed by atoms with E-state index in [9.17, 15) is 9.18 Å². The van der Waals surface area contributed by atoms with E-state index >= 15 is 0 Å². The highest BCUT2D eigenvalue weighted by atomic mass is 19.1. The first-order chi connectivity index (χ1) is 6.18. The third-order valence-corrected chi connectivity index (χ3v) is 2.23. The molecule has 2 rings (SSSR count). The summed E-state index contributed by atoms with van der Waals surface area (Å²) < 4.78 is 12.9. The number of nitrogens with two attached hydrogens (primary N) is 1. The zero-order valence-corrected chi connectivity index (χ0v) is 7.09.